The van der Waals surface area contributed by atoms with Crippen molar-refractivity contribution in [3.8, 4) is 0 Å². The topological polar surface area (TPSA) is 117 Å². The molecule has 4 aromatic rings. The lowest BCUT2D eigenvalue weighted by Gasteiger charge is -2.26. The molecule has 174 valence electrons. The second-order valence-corrected chi connectivity index (χ2v) is 8.60. The number of aliphatic hydroxyl groups excluding tert-OH is 1. The van der Waals surface area contributed by atoms with E-state index in [2.05, 4.69) is 4.98 Å². The molecule has 9 heteroatoms. The number of carbonyl (C=O) groups excluding carboxylic acids is 2. The first-order chi connectivity index (χ1) is 16.8. The van der Waals surface area contributed by atoms with Crippen LogP contribution in [0.3, 0.4) is 0 Å². The molecule has 2 heterocycles. The van der Waals surface area contributed by atoms with E-state index in [0.717, 1.165) is 16.6 Å². The van der Waals surface area contributed by atoms with Crippen molar-refractivity contribution in [2.75, 3.05) is 4.90 Å². The van der Waals surface area contributed by atoms with E-state index >= 15 is 0 Å². The fraction of sp³-hybridized carbons (Fsp3) is 0.0769. The summed E-state index contributed by atoms with van der Waals surface area (Å²) in [6.45, 7) is 1.84. The number of rotatable bonds is 4. The number of H-pyrrole nitrogens is 1. The maximum atomic E-state index is 13.3. The van der Waals surface area contributed by atoms with Gasteiger partial charge in [0.2, 0.25) is 0 Å². The third kappa shape index (κ3) is 3.64. The fourth-order valence-electron chi connectivity index (χ4n) is 4.52. The summed E-state index contributed by atoms with van der Waals surface area (Å²) >= 11 is 6.04. The minimum atomic E-state index is -0.942. The smallest absolute Gasteiger partial charge is 0.300 e. The van der Waals surface area contributed by atoms with E-state index < -0.39 is 28.4 Å². The number of fused-ring (bicyclic) bond motifs is 1. The van der Waals surface area contributed by atoms with Crippen molar-refractivity contribution >= 4 is 51.3 Å². The van der Waals surface area contributed by atoms with Gasteiger partial charge in [0.15, 0.2) is 0 Å². The van der Waals surface area contributed by atoms with Crippen LogP contribution >= 0.6 is 11.6 Å². The number of Topliss-reactive ketones (excluding diaryl/α,β-unsaturated/α-hetero) is 1. The number of aromatic amines is 1. The monoisotopic (exact) mass is 487 g/mol. The second-order valence-electron chi connectivity index (χ2n) is 8.16. The van der Waals surface area contributed by atoms with Crippen molar-refractivity contribution in [2.24, 2.45) is 0 Å². The number of hydrogen-bond acceptors (Lipinski definition) is 5. The number of nitrogens with one attached hydrogen (secondary N) is 1. The Balaban J connectivity index is 1.78. The SMILES string of the molecule is Cc1[nH]c2ccccc2c1C1/C(=C(\O)c2ccc([N+](=O)[O-])cc2)C(=O)C(=O)N1c1ccc(Cl)cc1. The maximum absolute atomic E-state index is 13.3. The van der Waals surface area contributed by atoms with Gasteiger partial charge >= 0.3 is 0 Å². The predicted molar refractivity (Wildman–Crippen MR) is 132 cm³/mol. The van der Waals surface area contributed by atoms with Gasteiger partial charge in [-0.3, -0.25) is 24.6 Å². The van der Waals surface area contributed by atoms with Gasteiger partial charge in [0.25, 0.3) is 17.4 Å². The number of benzene rings is 3. The summed E-state index contributed by atoms with van der Waals surface area (Å²) in [6, 6.07) is 18.2. The van der Waals surface area contributed by atoms with Crippen LogP contribution in [0.5, 0.6) is 0 Å². The number of aliphatic hydroxyl groups is 1. The van der Waals surface area contributed by atoms with Crippen molar-refractivity contribution in [3.63, 3.8) is 0 Å². The number of aromatic nitrogens is 1. The van der Waals surface area contributed by atoms with E-state index in [4.69, 9.17) is 11.6 Å². The molecule has 1 aromatic heterocycles. The minimum Gasteiger partial charge on any atom is -0.507 e. The molecule has 0 spiro atoms. The molecule has 1 fully saturated rings. The zero-order valence-corrected chi connectivity index (χ0v) is 19.1. The number of ketones is 1. The molecular formula is C26H18ClN3O5. The average Bonchev–Trinajstić information content (AvgIpc) is 3.31. The van der Waals surface area contributed by atoms with Crippen LogP contribution in [-0.4, -0.2) is 26.7 Å². The summed E-state index contributed by atoms with van der Waals surface area (Å²) in [5.74, 6) is -2.07. The summed E-state index contributed by atoms with van der Waals surface area (Å²) in [5, 5.41) is 23.6. The molecule has 0 bridgehead atoms. The van der Waals surface area contributed by atoms with Crippen LogP contribution in [0.15, 0.2) is 78.4 Å². The Bertz CT molecular complexity index is 1540. The molecule has 5 rings (SSSR count). The molecule has 35 heavy (non-hydrogen) atoms. The lowest BCUT2D eigenvalue weighted by atomic mass is 9.93. The van der Waals surface area contributed by atoms with Crippen LogP contribution in [-0.2, 0) is 9.59 Å². The van der Waals surface area contributed by atoms with Crippen molar-refractivity contribution in [2.45, 2.75) is 13.0 Å². The normalized spacial score (nSPS) is 17.3. The average molecular weight is 488 g/mol. The number of anilines is 1. The van der Waals surface area contributed by atoms with Crippen molar-refractivity contribution in [1.29, 1.82) is 0 Å². The number of carbonyl (C=O) groups is 2. The Hall–Kier alpha value is -4.43. The molecule has 0 aliphatic carbocycles. The molecule has 8 nitrogen and oxygen atoms in total. The Labute approximate surface area is 204 Å². The van der Waals surface area contributed by atoms with Gasteiger partial charge < -0.3 is 10.1 Å². The number of halogens is 1. The number of aryl methyl sites for hydroxylation is 1. The second kappa shape index (κ2) is 8.41. The highest BCUT2D eigenvalue weighted by Gasteiger charge is 2.48. The summed E-state index contributed by atoms with van der Waals surface area (Å²) < 4.78 is 0. The van der Waals surface area contributed by atoms with Crippen LogP contribution in [0.2, 0.25) is 5.02 Å². The Kier molecular flexibility index (Phi) is 5.37. The Morgan fingerprint density at radius 2 is 1.69 bits per heavy atom. The highest BCUT2D eigenvalue weighted by Crippen LogP contribution is 2.45. The zero-order chi connectivity index (χ0) is 24.9. The van der Waals surface area contributed by atoms with Crippen LogP contribution < -0.4 is 4.90 Å². The van der Waals surface area contributed by atoms with E-state index in [9.17, 15) is 24.8 Å². The fourth-order valence-corrected chi connectivity index (χ4v) is 4.65. The van der Waals surface area contributed by atoms with Gasteiger partial charge in [-0.25, -0.2) is 0 Å². The summed E-state index contributed by atoms with van der Waals surface area (Å²) in [7, 11) is 0. The largest absolute Gasteiger partial charge is 0.507 e. The van der Waals surface area contributed by atoms with Crippen molar-refractivity contribution < 1.29 is 19.6 Å². The minimum absolute atomic E-state index is 0.105. The van der Waals surface area contributed by atoms with Crippen LogP contribution in [0, 0.1) is 17.0 Å². The van der Waals surface area contributed by atoms with Gasteiger partial charge in [-0.15, -0.1) is 0 Å². The molecule has 0 saturated carbocycles. The van der Waals surface area contributed by atoms with E-state index in [0.29, 0.717) is 16.3 Å². The number of nitro benzene ring substituents is 1. The van der Waals surface area contributed by atoms with Gasteiger partial charge in [0.1, 0.15) is 5.76 Å². The molecule has 1 aliphatic rings. The lowest BCUT2D eigenvalue weighted by molar-refractivity contribution is -0.384. The zero-order valence-electron chi connectivity index (χ0n) is 18.4. The molecule has 1 atom stereocenters. The number of non-ortho nitro benzene ring substituents is 1. The van der Waals surface area contributed by atoms with Crippen molar-refractivity contribution in [1.82, 2.24) is 4.98 Å². The first-order valence-electron chi connectivity index (χ1n) is 10.7. The third-order valence-electron chi connectivity index (χ3n) is 6.12. The van der Waals surface area contributed by atoms with Gasteiger partial charge in [-0.05, 0) is 49.4 Å². The van der Waals surface area contributed by atoms with E-state index in [-0.39, 0.29) is 16.8 Å². The highest BCUT2D eigenvalue weighted by molar-refractivity contribution is 6.52. The molecule has 1 unspecified atom stereocenters. The van der Waals surface area contributed by atoms with Gasteiger partial charge in [-0.1, -0.05) is 29.8 Å². The molecular weight excluding hydrogens is 470 g/mol. The number of para-hydroxylation sites is 1. The Morgan fingerprint density at radius 1 is 1.03 bits per heavy atom. The Morgan fingerprint density at radius 3 is 2.34 bits per heavy atom. The first-order valence-corrected chi connectivity index (χ1v) is 11.0. The van der Waals surface area contributed by atoms with Gasteiger partial charge in [0, 0.05) is 50.6 Å². The van der Waals surface area contributed by atoms with Crippen LogP contribution in [0.1, 0.15) is 22.9 Å². The van der Waals surface area contributed by atoms with Crippen molar-refractivity contribution in [3.05, 3.63) is 110 Å². The molecule has 1 amide bonds. The maximum Gasteiger partial charge on any atom is 0.300 e. The van der Waals surface area contributed by atoms with E-state index in [1.54, 1.807) is 24.3 Å². The predicted octanol–water partition coefficient (Wildman–Crippen LogP) is 5.66. The van der Waals surface area contributed by atoms with Gasteiger partial charge in [-0.2, -0.15) is 0 Å². The first kappa shape index (κ1) is 22.4. The number of nitrogens with zero attached hydrogens (tertiary/aromatic N) is 2. The molecule has 2 N–H and O–H groups in total. The molecule has 1 saturated heterocycles. The van der Waals surface area contributed by atoms with Gasteiger partial charge in [0.05, 0.1) is 16.5 Å². The molecule has 1 aliphatic heterocycles. The molecule has 0 radical (unpaired) electrons. The van der Waals surface area contributed by atoms with Crippen LogP contribution in [0.25, 0.3) is 16.7 Å². The van der Waals surface area contributed by atoms with E-state index in [1.165, 1.54) is 29.2 Å². The number of nitro groups is 1. The summed E-state index contributed by atoms with van der Waals surface area (Å²) in [5.41, 5.74) is 2.57. The standard InChI is InChI=1S/C26H18ClN3O5/c1-14-21(19-4-2-3-5-20(19)28-14)23-22(24(31)15-6-10-18(11-7-15)30(34)35)25(32)26(33)29(23)17-12-8-16(27)9-13-17/h2-13,23,28,31H,1H3/b24-22+. The van der Waals surface area contributed by atoms with E-state index in [1.807, 2.05) is 31.2 Å². The third-order valence-corrected chi connectivity index (χ3v) is 6.37. The highest BCUT2D eigenvalue weighted by atomic mass is 35.5. The summed E-state index contributed by atoms with van der Waals surface area (Å²) in [4.78, 5) is 41.8. The molecule has 3 aromatic carbocycles. The summed E-state index contributed by atoms with van der Waals surface area (Å²) in [6.07, 6.45) is 0. The van der Waals surface area contributed by atoms with Crippen LogP contribution in [0.4, 0.5) is 11.4 Å². The quantitative estimate of drug-likeness (QED) is 0.126. The lowest BCUT2D eigenvalue weighted by Crippen LogP contribution is -2.29. The number of hydrogen-bond donors (Lipinski definition) is 2. The number of amides is 1.